The molecule has 0 radical (unpaired) electrons. The fourth-order valence-corrected chi connectivity index (χ4v) is 7.21. The lowest BCUT2D eigenvalue weighted by Crippen LogP contribution is -2.07. The summed E-state index contributed by atoms with van der Waals surface area (Å²) in [6.45, 7) is 0. The highest BCUT2D eigenvalue weighted by atomic mass is 15.2. The summed E-state index contributed by atoms with van der Waals surface area (Å²) < 4.78 is 2.28. The third kappa shape index (κ3) is 4.33. The number of fused-ring (bicyclic) bond motifs is 7. The molecule has 0 fully saturated rings. The zero-order valence-corrected chi connectivity index (χ0v) is 25.2. The van der Waals surface area contributed by atoms with Crippen LogP contribution in [0.25, 0.3) is 61.7 Å². The third-order valence-electron chi connectivity index (χ3n) is 9.30. The van der Waals surface area contributed by atoms with Crippen LogP contribution in [0.1, 0.15) is 29.0 Å². The first-order valence-corrected chi connectivity index (χ1v) is 15.9. The first kappa shape index (κ1) is 26.5. The SMILES string of the molecule is c1ccc(CCC2c3ccccc3-c3c2ccc2c4ccccc4n(-c4nc(-c5ccccc5)nc(-c5ccccc5)n4)c32)cc1. The zero-order valence-electron chi connectivity index (χ0n) is 25.2. The van der Waals surface area contributed by atoms with E-state index in [9.17, 15) is 0 Å². The third-order valence-corrected chi connectivity index (χ3v) is 9.30. The van der Waals surface area contributed by atoms with Crippen LogP contribution >= 0.6 is 0 Å². The molecular formula is C42H30N4. The van der Waals surface area contributed by atoms with Crippen molar-refractivity contribution in [2.45, 2.75) is 18.8 Å². The normalized spacial score (nSPS) is 13.6. The molecule has 0 N–H and O–H groups in total. The molecule has 0 aliphatic heterocycles. The van der Waals surface area contributed by atoms with Gasteiger partial charge in [-0.2, -0.15) is 9.97 Å². The number of hydrogen-bond donors (Lipinski definition) is 0. The predicted molar refractivity (Wildman–Crippen MR) is 187 cm³/mol. The van der Waals surface area contributed by atoms with E-state index in [-0.39, 0.29) is 0 Å². The second-order valence-corrected chi connectivity index (χ2v) is 12.0. The Morgan fingerprint density at radius 2 is 1.11 bits per heavy atom. The average Bonchev–Trinajstić information content (AvgIpc) is 3.64. The van der Waals surface area contributed by atoms with E-state index in [1.807, 2.05) is 36.4 Å². The van der Waals surface area contributed by atoms with Crippen molar-refractivity contribution in [1.29, 1.82) is 0 Å². The van der Waals surface area contributed by atoms with Gasteiger partial charge in [0.2, 0.25) is 5.95 Å². The van der Waals surface area contributed by atoms with Gasteiger partial charge >= 0.3 is 0 Å². The van der Waals surface area contributed by atoms with Gasteiger partial charge in [-0.15, -0.1) is 0 Å². The predicted octanol–water partition coefficient (Wildman–Crippen LogP) is 10.0. The molecule has 1 unspecified atom stereocenters. The number of para-hydroxylation sites is 1. The van der Waals surface area contributed by atoms with Gasteiger partial charge in [0.1, 0.15) is 0 Å². The summed E-state index contributed by atoms with van der Waals surface area (Å²) in [5.41, 5.74) is 10.9. The average molecular weight is 591 g/mol. The molecule has 4 heteroatoms. The van der Waals surface area contributed by atoms with Crippen LogP contribution in [0.4, 0.5) is 0 Å². The maximum Gasteiger partial charge on any atom is 0.238 e. The fraction of sp³-hybridized carbons (Fsp3) is 0.0714. The van der Waals surface area contributed by atoms with Crippen molar-refractivity contribution in [3.05, 3.63) is 168 Å². The molecule has 2 aromatic heterocycles. The van der Waals surface area contributed by atoms with Crippen LogP contribution in [0.5, 0.6) is 0 Å². The van der Waals surface area contributed by atoms with Gasteiger partial charge in [-0.25, -0.2) is 4.98 Å². The molecule has 0 saturated heterocycles. The van der Waals surface area contributed by atoms with E-state index >= 15 is 0 Å². The molecular weight excluding hydrogens is 560 g/mol. The Hall–Kier alpha value is -5.87. The first-order valence-electron chi connectivity index (χ1n) is 15.9. The Morgan fingerprint density at radius 3 is 1.83 bits per heavy atom. The van der Waals surface area contributed by atoms with Crippen molar-refractivity contribution in [3.8, 4) is 39.9 Å². The monoisotopic (exact) mass is 590 g/mol. The summed E-state index contributed by atoms with van der Waals surface area (Å²) in [5, 5.41) is 2.39. The quantitative estimate of drug-likeness (QED) is 0.194. The van der Waals surface area contributed by atoms with E-state index < -0.39 is 0 Å². The van der Waals surface area contributed by atoms with Gasteiger partial charge in [0.25, 0.3) is 0 Å². The lowest BCUT2D eigenvalue weighted by atomic mass is 9.90. The Labute approximate surface area is 267 Å². The van der Waals surface area contributed by atoms with E-state index in [1.165, 1.54) is 38.6 Å². The molecule has 9 rings (SSSR count). The molecule has 0 saturated carbocycles. The molecule has 0 amide bonds. The number of rotatable bonds is 6. The van der Waals surface area contributed by atoms with Gasteiger partial charge in [0.15, 0.2) is 11.6 Å². The molecule has 218 valence electrons. The minimum Gasteiger partial charge on any atom is -0.277 e. The lowest BCUT2D eigenvalue weighted by Gasteiger charge is -2.15. The maximum atomic E-state index is 5.19. The lowest BCUT2D eigenvalue weighted by molar-refractivity contribution is 0.730. The van der Waals surface area contributed by atoms with Crippen molar-refractivity contribution in [1.82, 2.24) is 19.5 Å². The molecule has 2 heterocycles. The molecule has 1 atom stereocenters. The van der Waals surface area contributed by atoms with Crippen LogP contribution in [0.2, 0.25) is 0 Å². The Bertz CT molecular complexity index is 2300. The highest BCUT2D eigenvalue weighted by molar-refractivity contribution is 6.15. The van der Waals surface area contributed by atoms with E-state index in [2.05, 4.69) is 120 Å². The van der Waals surface area contributed by atoms with Crippen LogP contribution in [-0.4, -0.2) is 19.5 Å². The van der Waals surface area contributed by atoms with Crippen LogP contribution in [0.3, 0.4) is 0 Å². The summed E-state index contributed by atoms with van der Waals surface area (Å²) in [5.74, 6) is 2.24. The Morgan fingerprint density at radius 1 is 0.500 bits per heavy atom. The molecule has 6 aromatic carbocycles. The van der Waals surface area contributed by atoms with Crippen molar-refractivity contribution < 1.29 is 0 Å². The summed E-state index contributed by atoms with van der Waals surface area (Å²) in [7, 11) is 0. The van der Waals surface area contributed by atoms with Gasteiger partial charge in [0.05, 0.1) is 11.0 Å². The van der Waals surface area contributed by atoms with Gasteiger partial charge in [0, 0.05) is 33.4 Å². The minimum absolute atomic E-state index is 0.306. The van der Waals surface area contributed by atoms with E-state index in [0.29, 0.717) is 23.5 Å². The second-order valence-electron chi connectivity index (χ2n) is 12.0. The molecule has 4 nitrogen and oxygen atoms in total. The summed E-state index contributed by atoms with van der Waals surface area (Å²) in [4.78, 5) is 15.4. The summed E-state index contributed by atoms with van der Waals surface area (Å²) in [6.07, 6.45) is 2.07. The van der Waals surface area contributed by atoms with E-state index in [1.54, 1.807) is 0 Å². The number of benzene rings is 6. The number of hydrogen-bond acceptors (Lipinski definition) is 3. The molecule has 1 aliphatic rings. The number of aromatic nitrogens is 4. The van der Waals surface area contributed by atoms with Gasteiger partial charge in [-0.05, 0) is 41.2 Å². The topological polar surface area (TPSA) is 43.6 Å². The molecule has 0 spiro atoms. The first-order chi connectivity index (χ1) is 22.8. The maximum absolute atomic E-state index is 5.19. The number of nitrogens with zero attached hydrogens (tertiary/aromatic N) is 4. The molecule has 8 aromatic rings. The highest BCUT2D eigenvalue weighted by Gasteiger charge is 2.32. The molecule has 1 aliphatic carbocycles. The molecule has 0 bridgehead atoms. The fourth-order valence-electron chi connectivity index (χ4n) is 7.21. The van der Waals surface area contributed by atoms with E-state index in [0.717, 1.165) is 35.0 Å². The van der Waals surface area contributed by atoms with E-state index in [4.69, 9.17) is 15.0 Å². The van der Waals surface area contributed by atoms with Crippen LogP contribution < -0.4 is 0 Å². The second kappa shape index (κ2) is 10.9. The standard InChI is InChI=1S/C42H30N4/c1-4-14-28(15-5-1)24-25-32-31-20-10-11-22-34(31)38-35(32)26-27-36-33-21-12-13-23-37(33)46(39(36)38)42-44-40(29-16-6-2-7-17-29)43-41(45-42)30-18-8-3-9-19-30/h1-23,26-27,32H,24-25H2. The van der Waals surface area contributed by atoms with Crippen molar-refractivity contribution in [2.75, 3.05) is 0 Å². The van der Waals surface area contributed by atoms with Gasteiger partial charge < -0.3 is 0 Å². The summed E-state index contributed by atoms with van der Waals surface area (Å²) >= 11 is 0. The minimum atomic E-state index is 0.306. The van der Waals surface area contributed by atoms with Crippen LogP contribution in [0, 0.1) is 0 Å². The van der Waals surface area contributed by atoms with Crippen LogP contribution in [-0.2, 0) is 6.42 Å². The smallest absolute Gasteiger partial charge is 0.238 e. The van der Waals surface area contributed by atoms with Crippen LogP contribution in [0.15, 0.2) is 152 Å². The zero-order chi connectivity index (χ0) is 30.5. The molecule has 46 heavy (non-hydrogen) atoms. The van der Waals surface area contributed by atoms with Crippen molar-refractivity contribution in [2.24, 2.45) is 0 Å². The van der Waals surface area contributed by atoms with Crippen molar-refractivity contribution in [3.63, 3.8) is 0 Å². The van der Waals surface area contributed by atoms with Gasteiger partial charge in [-0.3, -0.25) is 4.57 Å². The largest absolute Gasteiger partial charge is 0.277 e. The summed E-state index contributed by atoms with van der Waals surface area (Å²) in [6, 6.07) is 53.5. The Balaban J connectivity index is 1.32. The van der Waals surface area contributed by atoms with Gasteiger partial charge in [-0.1, -0.05) is 146 Å². The number of aryl methyl sites for hydroxylation is 1. The highest BCUT2D eigenvalue weighted by Crippen LogP contribution is 2.51. The Kier molecular flexibility index (Phi) is 6.31. The van der Waals surface area contributed by atoms with Crippen molar-refractivity contribution >= 4 is 21.8 Å².